The number of para-hydroxylation sites is 1. The Bertz CT molecular complexity index is 377. The summed E-state index contributed by atoms with van der Waals surface area (Å²) < 4.78 is 13.3. The van der Waals surface area contributed by atoms with Crippen molar-refractivity contribution in [3.63, 3.8) is 0 Å². The molecule has 3 rings (SSSR count). The first kappa shape index (κ1) is 7.33. The second kappa shape index (κ2) is 2.04. The minimum Gasteiger partial charge on any atom is -0.381 e. The predicted molar refractivity (Wildman–Crippen MR) is 49.2 cm³/mol. The maximum absolute atomic E-state index is 13.3. The van der Waals surface area contributed by atoms with E-state index in [1.807, 2.05) is 6.07 Å². The van der Waals surface area contributed by atoms with Crippen LogP contribution in [-0.4, -0.2) is 12.6 Å². The second-order valence-electron chi connectivity index (χ2n) is 3.98. The Hall–Kier alpha value is -1.09. The summed E-state index contributed by atoms with van der Waals surface area (Å²) in [5.41, 5.74) is 7.65. The Morgan fingerprint density at radius 3 is 3.00 bits per heavy atom. The third-order valence-electron chi connectivity index (χ3n) is 3.26. The van der Waals surface area contributed by atoms with Gasteiger partial charge in [-0.1, -0.05) is 12.1 Å². The van der Waals surface area contributed by atoms with E-state index >= 15 is 0 Å². The first-order valence-corrected chi connectivity index (χ1v) is 4.52. The van der Waals surface area contributed by atoms with Crippen molar-refractivity contribution in [1.29, 1.82) is 0 Å². The van der Waals surface area contributed by atoms with Crippen molar-refractivity contribution in [2.75, 3.05) is 11.9 Å². The third-order valence-corrected chi connectivity index (χ3v) is 3.26. The standard InChI is InChI=1S/C10H11FN2/c11-7-3-1-2-6-9(7)13-5-10(6)4-8(10)12/h1-3,8,13H,4-5,12H2. The smallest absolute Gasteiger partial charge is 0.146 e. The highest BCUT2D eigenvalue weighted by Crippen LogP contribution is 2.53. The van der Waals surface area contributed by atoms with Gasteiger partial charge < -0.3 is 11.1 Å². The van der Waals surface area contributed by atoms with Crippen LogP contribution in [0.1, 0.15) is 12.0 Å². The van der Waals surface area contributed by atoms with Crippen LogP contribution in [0.15, 0.2) is 18.2 Å². The van der Waals surface area contributed by atoms with E-state index in [0.29, 0.717) is 5.69 Å². The number of halogens is 1. The van der Waals surface area contributed by atoms with Crippen molar-refractivity contribution in [3.8, 4) is 0 Å². The summed E-state index contributed by atoms with van der Waals surface area (Å²) in [6, 6.07) is 5.43. The van der Waals surface area contributed by atoms with Crippen LogP contribution in [0.3, 0.4) is 0 Å². The van der Waals surface area contributed by atoms with Crippen molar-refractivity contribution < 1.29 is 4.39 Å². The molecule has 2 aliphatic rings. The highest BCUT2D eigenvalue weighted by Gasteiger charge is 2.57. The molecule has 1 fully saturated rings. The highest BCUT2D eigenvalue weighted by atomic mass is 19.1. The summed E-state index contributed by atoms with van der Waals surface area (Å²) in [6.45, 7) is 0.796. The van der Waals surface area contributed by atoms with E-state index in [9.17, 15) is 4.39 Å². The molecule has 1 aromatic rings. The fourth-order valence-electron chi connectivity index (χ4n) is 2.31. The summed E-state index contributed by atoms with van der Waals surface area (Å²) >= 11 is 0. The molecule has 0 amide bonds. The zero-order valence-electron chi connectivity index (χ0n) is 7.18. The van der Waals surface area contributed by atoms with Gasteiger partial charge in [-0.15, -0.1) is 0 Å². The molecule has 0 saturated heterocycles. The molecule has 0 aromatic heterocycles. The molecule has 0 bridgehead atoms. The van der Waals surface area contributed by atoms with Gasteiger partial charge in [0, 0.05) is 18.0 Å². The summed E-state index contributed by atoms with van der Waals surface area (Å²) in [5.74, 6) is -0.159. The average molecular weight is 178 g/mol. The average Bonchev–Trinajstić information content (AvgIpc) is 2.57. The summed E-state index contributed by atoms with van der Waals surface area (Å²) in [5, 5.41) is 3.10. The quantitative estimate of drug-likeness (QED) is 0.627. The van der Waals surface area contributed by atoms with Gasteiger partial charge in [0.1, 0.15) is 5.82 Å². The number of rotatable bonds is 0. The summed E-state index contributed by atoms with van der Waals surface area (Å²) in [6.07, 6.45) is 0.983. The molecule has 2 atom stereocenters. The molecule has 1 spiro atoms. The topological polar surface area (TPSA) is 38.0 Å². The number of benzene rings is 1. The fraction of sp³-hybridized carbons (Fsp3) is 0.400. The van der Waals surface area contributed by atoms with Crippen LogP contribution in [-0.2, 0) is 5.41 Å². The van der Waals surface area contributed by atoms with Crippen LogP contribution < -0.4 is 11.1 Å². The number of nitrogens with two attached hydrogens (primary N) is 1. The molecule has 3 heteroatoms. The van der Waals surface area contributed by atoms with E-state index in [1.54, 1.807) is 6.07 Å². The maximum atomic E-state index is 13.3. The maximum Gasteiger partial charge on any atom is 0.146 e. The van der Waals surface area contributed by atoms with Gasteiger partial charge >= 0.3 is 0 Å². The number of nitrogens with one attached hydrogen (secondary N) is 1. The van der Waals surface area contributed by atoms with E-state index in [-0.39, 0.29) is 17.3 Å². The van der Waals surface area contributed by atoms with Gasteiger partial charge in [-0.2, -0.15) is 0 Å². The van der Waals surface area contributed by atoms with Gasteiger partial charge in [-0.05, 0) is 18.1 Å². The van der Waals surface area contributed by atoms with Gasteiger partial charge in [-0.3, -0.25) is 0 Å². The molecule has 13 heavy (non-hydrogen) atoms. The summed E-state index contributed by atoms with van der Waals surface area (Å²) in [4.78, 5) is 0. The molecule has 0 radical (unpaired) electrons. The van der Waals surface area contributed by atoms with Gasteiger partial charge in [-0.25, -0.2) is 4.39 Å². The van der Waals surface area contributed by atoms with Gasteiger partial charge in [0.05, 0.1) is 5.69 Å². The van der Waals surface area contributed by atoms with E-state index in [4.69, 9.17) is 5.73 Å². The molecule has 2 nitrogen and oxygen atoms in total. The number of hydrogen-bond acceptors (Lipinski definition) is 2. The number of fused-ring (bicyclic) bond motifs is 2. The van der Waals surface area contributed by atoms with Crippen molar-refractivity contribution in [2.45, 2.75) is 17.9 Å². The van der Waals surface area contributed by atoms with E-state index in [2.05, 4.69) is 5.32 Å². The molecule has 3 N–H and O–H groups in total. The Morgan fingerprint density at radius 1 is 1.54 bits per heavy atom. The lowest BCUT2D eigenvalue weighted by Gasteiger charge is -2.06. The predicted octanol–water partition coefficient (Wildman–Crippen LogP) is 1.22. The Morgan fingerprint density at radius 2 is 2.31 bits per heavy atom. The third kappa shape index (κ3) is 0.753. The molecule has 1 saturated carbocycles. The molecule has 68 valence electrons. The van der Waals surface area contributed by atoms with Crippen molar-refractivity contribution in [1.82, 2.24) is 0 Å². The van der Waals surface area contributed by atoms with E-state index < -0.39 is 0 Å². The van der Waals surface area contributed by atoms with E-state index in [1.165, 1.54) is 6.07 Å². The molecule has 1 aliphatic heterocycles. The van der Waals surface area contributed by atoms with Crippen LogP contribution in [0.4, 0.5) is 10.1 Å². The lowest BCUT2D eigenvalue weighted by atomic mass is 9.97. The molecule has 1 aliphatic carbocycles. The normalized spacial score (nSPS) is 34.5. The molecular formula is C10H11FN2. The number of anilines is 1. The van der Waals surface area contributed by atoms with Crippen molar-refractivity contribution in [3.05, 3.63) is 29.6 Å². The lowest BCUT2D eigenvalue weighted by Crippen LogP contribution is -2.20. The molecule has 1 heterocycles. The Kier molecular flexibility index (Phi) is 1.15. The first-order chi connectivity index (χ1) is 6.24. The molecule has 1 aromatic carbocycles. The fourth-order valence-corrected chi connectivity index (χ4v) is 2.31. The first-order valence-electron chi connectivity index (χ1n) is 4.52. The monoisotopic (exact) mass is 178 g/mol. The van der Waals surface area contributed by atoms with Crippen molar-refractivity contribution >= 4 is 5.69 Å². The van der Waals surface area contributed by atoms with Gasteiger partial charge in [0.15, 0.2) is 0 Å². The van der Waals surface area contributed by atoms with Crippen LogP contribution in [0, 0.1) is 5.82 Å². The number of hydrogen-bond donors (Lipinski definition) is 2. The SMILES string of the molecule is NC1CC12CNc1c(F)cccc12. The van der Waals surface area contributed by atoms with Crippen LogP contribution in [0.5, 0.6) is 0 Å². The molecule has 2 unspecified atom stereocenters. The van der Waals surface area contributed by atoms with Crippen molar-refractivity contribution in [2.24, 2.45) is 5.73 Å². The summed E-state index contributed by atoms with van der Waals surface area (Å²) in [7, 11) is 0. The largest absolute Gasteiger partial charge is 0.381 e. The zero-order valence-corrected chi connectivity index (χ0v) is 7.18. The van der Waals surface area contributed by atoms with Crippen LogP contribution >= 0.6 is 0 Å². The lowest BCUT2D eigenvalue weighted by molar-refractivity contribution is 0.631. The van der Waals surface area contributed by atoms with Gasteiger partial charge in [0.2, 0.25) is 0 Å². The molecular weight excluding hydrogens is 167 g/mol. The minimum atomic E-state index is -0.159. The van der Waals surface area contributed by atoms with Crippen LogP contribution in [0.2, 0.25) is 0 Å². The zero-order chi connectivity index (χ0) is 9.05. The van der Waals surface area contributed by atoms with Gasteiger partial charge in [0.25, 0.3) is 0 Å². The Balaban J connectivity index is 2.18. The van der Waals surface area contributed by atoms with E-state index in [0.717, 1.165) is 18.5 Å². The Labute approximate surface area is 75.9 Å². The highest BCUT2D eigenvalue weighted by molar-refractivity contribution is 5.64. The minimum absolute atomic E-state index is 0.0530. The van der Waals surface area contributed by atoms with Crippen LogP contribution in [0.25, 0.3) is 0 Å². The second-order valence-corrected chi connectivity index (χ2v) is 3.98.